The summed E-state index contributed by atoms with van der Waals surface area (Å²) in [6.07, 6.45) is 3.54. The van der Waals surface area contributed by atoms with E-state index in [2.05, 4.69) is 11.6 Å². The van der Waals surface area contributed by atoms with Crippen LogP contribution >= 0.6 is 0 Å². The van der Waals surface area contributed by atoms with Crippen molar-refractivity contribution in [2.75, 3.05) is 0 Å². The number of allylic oxidation sites excluding steroid dienone is 3. The van der Waals surface area contributed by atoms with E-state index in [4.69, 9.17) is 5.73 Å². The van der Waals surface area contributed by atoms with Crippen LogP contribution in [0.5, 0.6) is 0 Å². The van der Waals surface area contributed by atoms with Crippen molar-refractivity contribution in [3.63, 3.8) is 0 Å². The minimum absolute atomic E-state index is 0.0593. The van der Waals surface area contributed by atoms with E-state index >= 15 is 0 Å². The fourth-order valence-electron chi connectivity index (χ4n) is 0.566. The van der Waals surface area contributed by atoms with Crippen molar-refractivity contribution in [3.05, 3.63) is 24.4 Å². The number of amidine groups is 1. The fraction of sp³-hybridized carbons (Fsp3) is 0.500. The molecule has 0 aromatic rings. The molecule has 12 heavy (non-hydrogen) atoms. The molecule has 0 saturated heterocycles. The molecule has 2 nitrogen and oxygen atoms in total. The normalized spacial score (nSPS) is 14.7. The van der Waals surface area contributed by atoms with Gasteiger partial charge in [0.1, 0.15) is 5.84 Å². The van der Waals surface area contributed by atoms with Crippen molar-refractivity contribution in [2.24, 2.45) is 16.1 Å². The predicted octanol–water partition coefficient (Wildman–Crippen LogP) is 2.48. The number of nitrogens with zero attached hydrogens (tertiary/aromatic N) is 1. The van der Waals surface area contributed by atoms with Gasteiger partial charge < -0.3 is 5.73 Å². The molecule has 0 atom stereocenters. The van der Waals surface area contributed by atoms with E-state index in [1.165, 1.54) is 0 Å². The Bertz CT molecular complexity index is 216. The van der Waals surface area contributed by atoms with E-state index in [-0.39, 0.29) is 5.41 Å². The maximum Gasteiger partial charge on any atom is 0.105 e. The van der Waals surface area contributed by atoms with E-state index in [0.717, 1.165) is 5.70 Å². The standard InChI is InChI=1S/C10H18N2/c1-6-7-8(2)12-9(11)10(3,4)5/h6-7H,1H2,2-5H3,(H2,11,12)/b8-7-. The first-order valence-corrected chi connectivity index (χ1v) is 4.02. The number of aliphatic imine (C=N–C) groups is 1. The summed E-state index contributed by atoms with van der Waals surface area (Å²) in [4.78, 5) is 4.22. The molecule has 0 radical (unpaired) electrons. The molecule has 0 spiro atoms. The van der Waals surface area contributed by atoms with Gasteiger partial charge in [-0.2, -0.15) is 0 Å². The summed E-state index contributed by atoms with van der Waals surface area (Å²) in [5.74, 6) is 0.651. The first kappa shape index (κ1) is 11.0. The molecular formula is C10H18N2. The van der Waals surface area contributed by atoms with Gasteiger partial charge >= 0.3 is 0 Å². The van der Waals surface area contributed by atoms with Crippen molar-refractivity contribution in [1.29, 1.82) is 0 Å². The second kappa shape index (κ2) is 4.10. The minimum atomic E-state index is -0.0593. The van der Waals surface area contributed by atoms with Crippen LogP contribution < -0.4 is 5.73 Å². The predicted molar refractivity (Wildman–Crippen MR) is 55.0 cm³/mol. The highest BCUT2D eigenvalue weighted by molar-refractivity contribution is 5.86. The summed E-state index contributed by atoms with van der Waals surface area (Å²) in [5, 5.41) is 0. The first-order valence-electron chi connectivity index (χ1n) is 4.02. The second-order valence-electron chi connectivity index (χ2n) is 3.79. The van der Waals surface area contributed by atoms with Gasteiger partial charge in [-0.05, 0) is 13.0 Å². The Hall–Kier alpha value is -1.05. The quantitative estimate of drug-likeness (QED) is 0.382. The molecule has 0 unspecified atom stereocenters. The lowest BCUT2D eigenvalue weighted by Gasteiger charge is -2.17. The molecule has 2 N–H and O–H groups in total. The summed E-state index contributed by atoms with van der Waals surface area (Å²) >= 11 is 0. The van der Waals surface area contributed by atoms with Gasteiger partial charge in [-0.15, -0.1) is 0 Å². The van der Waals surface area contributed by atoms with Crippen LogP contribution in [-0.2, 0) is 0 Å². The highest BCUT2D eigenvalue weighted by Gasteiger charge is 2.14. The minimum Gasteiger partial charge on any atom is -0.387 e. The number of hydrogen-bond acceptors (Lipinski definition) is 1. The lowest BCUT2D eigenvalue weighted by molar-refractivity contribution is 0.584. The van der Waals surface area contributed by atoms with Gasteiger partial charge in [0, 0.05) is 11.1 Å². The molecule has 0 bridgehead atoms. The van der Waals surface area contributed by atoms with Gasteiger partial charge in [0.2, 0.25) is 0 Å². The zero-order valence-electron chi connectivity index (χ0n) is 8.39. The third kappa shape index (κ3) is 3.96. The molecule has 0 aliphatic rings. The Kier molecular flexibility index (Phi) is 3.74. The molecule has 0 saturated carbocycles. The van der Waals surface area contributed by atoms with Crippen LogP contribution in [0.15, 0.2) is 29.4 Å². The Balaban J connectivity index is 4.57. The Morgan fingerprint density at radius 3 is 2.25 bits per heavy atom. The fourth-order valence-corrected chi connectivity index (χ4v) is 0.566. The lowest BCUT2D eigenvalue weighted by Crippen LogP contribution is -2.28. The zero-order valence-corrected chi connectivity index (χ0v) is 8.39. The zero-order chi connectivity index (χ0) is 9.78. The molecule has 0 amide bonds. The summed E-state index contributed by atoms with van der Waals surface area (Å²) in [6.45, 7) is 11.6. The smallest absolute Gasteiger partial charge is 0.105 e. The van der Waals surface area contributed by atoms with Crippen LogP contribution in [0, 0.1) is 5.41 Å². The largest absolute Gasteiger partial charge is 0.387 e. The summed E-state index contributed by atoms with van der Waals surface area (Å²) in [7, 11) is 0. The molecule has 2 heteroatoms. The molecule has 0 fully saturated rings. The SMILES string of the molecule is C=C/C=C(/C)N=C(N)C(C)(C)C. The van der Waals surface area contributed by atoms with Gasteiger partial charge in [0.25, 0.3) is 0 Å². The number of hydrogen-bond donors (Lipinski definition) is 1. The van der Waals surface area contributed by atoms with Crippen LogP contribution in [0.1, 0.15) is 27.7 Å². The summed E-state index contributed by atoms with van der Waals surface area (Å²) < 4.78 is 0. The maximum atomic E-state index is 5.76. The Labute approximate surface area is 74.9 Å². The van der Waals surface area contributed by atoms with Gasteiger partial charge in [-0.1, -0.05) is 33.4 Å². The molecule has 0 aliphatic carbocycles. The highest BCUT2D eigenvalue weighted by Crippen LogP contribution is 2.14. The average molecular weight is 166 g/mol. The third-order valence-electron chi connectivity index (χ3n) is 1.42. The molecular weight excluding hydrogens is 148 g/mol. The number of nitrogens with two attached hydrogens (primary N) is 1. The monoisotopic (exact) mass is 166 g/mol. The Morgan fingerprint density at radius 1 is 1.42 bits per heavy atom. The van der Waals surface area contributed by atoms with Crippen molar-refractivity contribution in [3.8, 4) is 0 Å². The van der Waals surface area contributed by atoms with E-state index in [9.17, 15) is 0 Å². The van der Waals surface area contributed by atoms with E-state index < -0.39 is 0 Å². The van der Waals surface area contributed by atoms with Crippen LogP contribution in [0.4, 0.5) is 0 Å². The average Bonchev–Trinajstić information content (AvgIpc) is 1.85. The van der Waals surface area contributed by atoms with Crippen molar-refractivity contribution in [2.45, 2.75) is 27.7 Å². The van der Waals surface area contributed by atoms with Crippen molar-refractivity contribution < 1.29 is 0 Å². The molecule has 0 aromatic carbocycles. The van der Waals surface area contributed by atoms with Crippen molar-refractivity contribution in [1.82, 2.24) is 0 Å². The summed E-state index contributed by atoms with van der Waals surface area (Å²) in [5.41, 5.74) is 6.58. The van der Waals surface area contributed by atoms with E-state index in [1.54, 1.807) is 6.08 Å². The number of rotatable bonds is 2. The van der Waals surface area contributed by atoms with Gasteiger partial charge in [-0.25, -0.2) is 4.99 Å². The first-order chi connectivity index (χ1) is 5.38. The Morgan fingerprint density at radius 2 is 1.92 bits per heavy atom. The summed E-state index contributed by atoms with van der Waals surface area (Å²) in [6, 6.07) is 0. The van der Waals surface area contributed by atoms with Crippen LogP contribution in [0.2, 0.25) is 0 Å². The van der Waals surface area contributed by atoms with Crippen LogP contribution in [0.25, 0.3) is 0 Å². The highest BCUT2D eigenvalue weighted by atomic mass is 14.9. The molecule has 0 aromatic heterocycles. The second-order valence-corrected chi connectivity index (χ2v) is 3.79. The topological polar surface area (TPSA) is 38.4 Å². The van der Waals surface area contributed by atoms with Crippen LogP contribution in [0.3, 0.4) is 0 Å². The molecule has 0 aliphatic heterocycles. The van der Waals surface area contributed by atoms with Crippen LogP contribution in [-0.4, -0.2) is 5.84 Å². The van der Waals surface area contributed by atoms with Gasteiger partial charge in [0.15, 0.2) is 0 Å². The van der Waals surface area contributed by atoms with E-state index in [0.29, 0.717) is 5.84 Å². The molecule has 68 valence electrons. The lowest BCUT2D eigenvalue weighted by atomic mass is 9.95. The van der Waals surface area contributed by atoms with Gasteiger partial charge in [-0.3, -0.25) is 0 Å². The third-order valence-corrected chi connectivity index (χ3v) is 1.42. The van der Waals surface area contributed by atoms with Crippen molar-refractivity contribution >= 4 is 5.84 Å². The maximum absolute atomic E-state index is 5.76. The molecule has 0 rings (SSSR count). The molecule has 0 heterocycles. The van der Waals surface area contributed by atoms with E-state index in [1.807, 2.05) is 33.8 Å². The van der Waals surface area contributed by atoms with Gasteiger partial charge in [0.05, 0.1) is 0 Å².